The molecule has 0 aliphatic carbocycles. The van der Waals surface area contributed by atoms with Crippen LogP contribution in [0.2, 0.25) is 0 Å². The summed E-state index contributed by atoms with van der Waals surface area (Å²) in [4.78, 5) is 32.7. The molecular weight excluding hydrogens is 262 g/mol. The second kappa shape index (κ2) is 4.86. The molecule has 0 saturated carbocycles. The molecule has 0 saturated heterocycles. The Morgan fingerprint density at radius 1 is 1.08 bits per heavy atom. The maximum atomic E-state index is 10.1. The van der Waals surface area contributed by atoms with Gasteiger partial charge in [-0.3, -0.25) is 9.13 Å². The first-order valence-electron chi connectivity index (χ1n) is 2.41. The molecule has 0 amide bonds. The standard InChI is InChI=1S/C2H8O7P2.Cu/c3-2(11(7,8)9)1-10(4,5)6;/h2-3H,1H2,(H2,4,5,6)(H2,7,8,9);. The summed E-state index contributed by atoms with van der Waals surface area (Å²) in [6, 6.07) is 0. The Labute approximate surface area is 78.6 Å². The van der Waals surface area contributed by atoms with Crippen LogP contribution in [-0.4, -0.2) is 36.7 Å². The monoisotopic (exact) mass is 269 g/mol. The largest absolute Gasteiger partial charge is 0.380 e. The van der Waals surface area contributed by atoms with E-state index in [1.54, 1.807) is 0 Å². The summed E-state index contributed by atoms with van der Waals surface area (Å²) in [5.74, 6) is -2.29. The van der Waals surface area contributed by atoms with Crippen molar-refractivity contribution in [1.29, 1.82) is 0 Å². The first-order chi connectivity index (χ1) is 4.63. The van der Waals surface area contributed by atoms with E-state index in [1.165, 1.54) is 0 Å². The molecule has 79 valence electrons. The van der Waals surface area contributed by atoms with Crippen LogP contribution in [0.4, 0.5) is 0 Å². The Morgan fingerprint density at radius 2 is 1.42 bits per heavy atom. The van der Waals surface area contributed by atoms with Crippen molar-refractivity contribution in [3.05, 3.63) is 0 Å². The molecule has 12 heavy (non-hydrogen) atoms. The maximum absolute atomic E-state index is 10.1. The third-order valence-electron chi connectivity index (χ3n) is 0.789. The number of aliphatic hydroxyl groups excluding tert-OH is 1. The minimum absolute atomic E-state index is 0. The molecule has 1 atom stereocenters. The fourth-order valence-electron chi connectivity index (χ4n) is 0.319. The SMILES string of the molecule is O=P(O)(O)CC(O)P(=O)(O)O.[Cu]. The van der Waals surface area contributed by atoms with E-state index >= 15 is 0 Å². The van der Waals surface area contributed by atoms with E-state index in [4.69, 9.17) is 24.7 Å². The molecule has 0 fully saturated rings. The van der Waals surface area contributed by atoms with Crippen LogP contribution in [0.15, 0.2) is 0 Å². The molecule has 1 unspecified atom stereocenters. The summed E-state index contributed by atoms with van der Waals surface area (Å²) < 4.78 is 20.2. The predicted molar refractivity (Wildman–Crippen MR) is 35.0 cm³/mol. The Kier molecular flexibility index (Phi) is 6.18. The molecule has 0 heterocycles. The molecule has 10 heteroatoms. The van der Waals surface area contributed by atoms with Gasteiger partial charge in [-0.1, -0.05) is 0 Å². The van der Waals surface area contributed by atoms with Crippen molar-refractivity contribution in [1.82, 2.24) is 0 Å². The van der Waals surface area contributed by atoms with Crippen molar-refractivity contribution in [3.8, 4) is 0 Å². The molecule has 0 aromatic heterocycles. The average molecular weight is 270 g/mol. The molecular formula is C2H8CuO7P2. The Morgan fingerprint density at radius 3 is 1.50 bits per heavy atom. The van der Waals surface area contributed by atoms with Gasteiger partial charge in [0.2, 0.25) is 0 Å². The van der Waals surface area contributed by atoms with Crippen LogP contribution in [0.1, 0.15) is 0 Å². The zero-order valence-electron chi connectivity index (χ0n) is 5.53. The number of aliphatic hydroxyl groups is 1. The van der Waals surface area contributed by atoms with Crippen LogP contribution >= 0.6 is 15.2 Å². The smallest absolute Gasteiger partial charge is 0.354 e. The van der Waals surface area contributed by atoms with Crippen LogP contribution in [0, 0.1) is 0 Å². The third kappa shape index (κ3) is 7.43. The fourth-order valence-corrected chi connectivity index (χ4v) is 2.23. The Bertz CT molecular complexity index is 215. The summed E-state index contributed by atoms with van der Waals surface area (Å²) in [5, 5.41) is 8.47. The van der Waals surface area contributed by atoms with Gasteiger partial charge in [0.1, 0.15) is 0 Å². The van der Waals surface area contributed by atoms with Crippen molar-refractivity contribution in [2.45, 2.75) is 5.85 Å². The topological polar surface area (TPSA) is 135 Å². The van der Waals surface area contributed by atoms with E-state index in [2.05, 4.69) is 0 Å². The minimum atomic E-state index is -4.79. The summed E-state index contributed by atoms with van der Waals surface area (Å²) in [6.07, 6.45) is -1.22. The molecule has 0 aromatic rings. The van der Waals surface area contributed by atoms with E-state index in [0.29, 0.717) is 0 Å². The summed E-state index contributed by atoms with van der Waals surface area (Å²) in [5.41, 5.74) is 0. The molecule has 0 aromatic carbocycles. The zero-order chi connectivity index (χ0) is 9.28. The van der Waals surface area contributed by atoms with Crippen LogP contribution in [0.5, 0.6) is 0 Å². The molecule has 0 rings (SSSR count). The van der Waals surface area contributed by atoms with Crippen molar-refractivity contribution >= 4 is 15.2 Å². The second-order valence-corrected chi connectivity index (χ2v) is 5.39. The van der Waals surface area contributed by atoms with Gasteiger partial charge < -0.3 is 24.7 Å². The quantitative estimate of drug-likeness (QED) is 0.316. The molecule has 1 radical (unpaired) electrons. The molecule has 0 aliphatic heterocycles. The first kappa shape index (κ1) is 15.3. The maximum Gasteiger partial charge on any atom is 0.354 e. The van der Waals surface area contributed by atoms with Crippen LogP contribution < -0.4 is 0 Å². The summed E-state index contributed by atoms with van der Waals surface area (Å²) >= 11 is 0. The van der Waals surface area contributed by atoms with Gasteiger partial charge in [0.25, 0.3) is 0 Å². The van der Waals surface area contributed by atoms with Crippen LogP contribution in [0.25, 0.3) is 0 Å². The number of rotatable bonds is 3. The molecule has 0 bridgehead atoms. The zero-order valence-corrected chi connectivity index (χ0v) is 8.26. The van der Waals surface area contributed by atoms with Gasteiger partial charge in [-0.05, 0) is 0 Å². The van der Waals surface area contributed by atoms with Gasteiger partial charge in [0, 0.05) is 17.1 Å². The van der Waals surface area contributed by atoms with Gasteiger partial charge >= 0.3 is 15.2 Å². The number of hydrogen-bond acceptors (Lipinski definition) is 3. The average Bonchev–Trinajstić information content (AvgIpc) is 1.56. The van der Waals surface area contributed by atoms with Gasteiger partial charge in [-0.2, -0.15) is 0 Å². The predicted octanol–water partition coefficient (Wildman–Crippen LogP) is -1.34. The molecule has 0 aliphatic rings. The van der Waals surface area contributed by atoms with Crippen LogP contribution in [0.3, 0.4) is 0 Å². The van der Waals surface area contributed by atoms with E-state index in [1.807, 2.05) is 0 Å². The van der Waals surface area contributed by atoms with Gasteiger partial charge in [0.05, 0.1) is 6.16 Å². The third-order valence-corrected chi connectivity index (χ3v) is 2.86. The van der Waals surface area contributed by atoms with Gasteiger partial charge in [-0.15, -0.1) is 0 Å². The van der Waals surface area contributed by atoms with Crippen LogP contribution in [-0.2, 0) is 26.2 Å². The molecule has 0 spiro atoms. The fraction of sp³-hybridized carbons (Fsp3) is 1.00. The Balaban J connectivity index is 0. The Hall–Kier alpha value is 0.779. The van der Waals surface area contributed by atoms with E-state index < -0.39 is 27.2 Å². The second-order valence-electron chi connectivity index (χ2n) is 1.92. The first-order valence-corrected chi connectivity index (χ1v) is 5.89. The molecule has 5 N–H and O–H groups in total. The van der Waals surface area contributed by atoms with Crippen molar-refractivity contribution < 1.29 is 50.9 Å². The van der Waals surface area contributed by atoms with Gasteiger partial charge in [0.15, 0.2) is 5.85 Å². The van der Waals surface area contributed by atoms with Crippen molar-refractivity contribution in [3.63, 3.8) is 0 Å². The van der Waals surface area contributed by atoms with E-state index in [9.17, 15) is 9.13 Å². The van der Waals surface area contributed by atoms with Gasteiger partial charge in [-0.25, -0.2) is 0 Å². The molecule has 7 nitrogen and oxygen atoms in total. The summed E-state index contributed by atoms with van der Waals surface area (Å²) in [6.45, 7) is 0. The van der Waals surface area contributed by atoms with Crippen molar-refractivity contribution in [2.75, 3.05) is 6.16 Å². The van der Waals surface area contributed by atoms with E-state index in [-0.39, 0.29) is 17.1 Å². The number of hydrogen-bond donors (Lipinski definition) is 5. The minimum Gasteiger partial charge on any atom is -0.380 e. The summed E-state index contributed by atoms with van der Waals surface area (Å²) in [7, 11) is -9.35. The van der Waals surface area contributed by atoms with E-state index in [0.717, 1.165) is 0 Å². The van der Waals surface area contributed by atoms with Crippen molar-refractivity contribution in [2.24, 2.45) is 0 Å². The normalized spacial score (nSPS) is 15.1.